The third-order valence-electron chi connectivity index (χ3n) is 2.93. The lowest BCUT2D eigenvalue weighted by atomic mass is 9.99. The van der Waals surface area contributed by atoms with E-state index in [1.54, 1.807) is 11.8 Å². The summed E-state index contributed by atoms with van der Waals surface area (Å²) in [5.41, 5.74) is 0. The SMILES string of the molecule is O=C(O)C1SCCN2CCCCC12. The molecule has 13 heavy (non-hydrogen) atoms. The van der Waals surface area contributed by atoms with E-state index in [0.717, 1.165) is 25.3 Å². The number of thioether (sulfide) groups is 1. The number of hydrogen-bond acceptors (Lipinski definition) is 3. The van der Waals surface area contributed by atoms with E-state index in [9.17, 15) is 4.79 Å². The first-order valence-corrected chi connectivity index (χ1v) is 5.92. The van der Waals surface area contributed by atoms with E-state index in [1.807, 2.05) is 0 Å². The molecule has 0 saturated carbocycles. The molecule has 2 fully saturated rings. The van der Waals surface area contributed by atoms with Crippen LogP contribution in [0.3, 0.4) is 0 Å². The van der Waals surface area contributed by atoms with Gasteiger partial charge >= 0.3 is 5.97 Å². The van der Waals surface area contributed by atoms with Crippen LogP contribution in [0.1, 0.15) is 19.3 Å². The molecule has 0 aromatic carbocycles. The molecule has 2 saturated heterocycles. The molecule has 0 aromatic heterocycles. The van der Waals surface area contributed by atoms with Gasteiger partial charge in [-0.05, 0) is 19.4 Å². The third-order valence-corrected chi connectivity index (χ3v) is 4.23. The Hall–Kier alpha value is -0.220. The summed E-state index contributed by atoms with van der Waals surface area (Å²) in [5.74, 6) is 0.356. The van der Waals surface area contributed by atoms with Gasteiger partial charge in [0.05, 0.1) is 0 Å². The third kappa shape index (κ3) is 1.83. The number of rotatable bonds is 1. The Morgan fingerprint density at radius 3 is 3.00 bits per heavy atom. The molecule has 4 heteroatoms. The molecule has 2 rings (SSSR count). The average Bonchev–Trinajstić information content (AvgIpc) is 2.17. The zero-order chi connectivity index (χ0) is 9.26. The Morgan fingerprint density at radius 2 is 2.23 bits per heavy atom. The second-order valence-electron chi connectivity index (χ2n) is 3.73. The average molecular weight is 201 g/mol. The zero-order valence-corrected chi connectivity index (χ0v) is 8.42. The first-order valence-electron chi connectivity index (χ1n) is 4.87. The highest BCUT2D eigenvalue weighted by atomic mass is 32.2. The molecule has 3 nitrogen and oxygen atoms in total. The van der Waals surface area contributed by atoms with Crippen LogP contribution in [0.25, 0.3) is 0 Å². The van der Waals surface area contributed by atoms with Crippen molar-refractivity contribution in [1.82, 2.24) is 4.90 Å². The molecule has 1 N–H and O–H groups in total. The van der Waals surface area contributed by atoms with Gasteiger partial charge < -0.3 is 5.11 Å². The summed E-state index contributed by atoms with van der Waals surface area (Å²) in [6.07, 6.45) is 3.52. The van der Waals surface area contributed by atoms with Crippen molar-refractivity contribution < 1.29 is 9.90 Å². The van der Waals surface area contributed by atoms with Crippen LogP contribution in [-0.4, -0.2) is 46.1 Å². The van der Waals surface area contributed by atoms with E-state index >= 15 is 0 Å². The minimum atomic E-state index is -0.624. The normalized spacial score (nSPS) is 35.4. The van der Waals surface area contributed by atoms with Crippen molar-refractivity contribution >= 4 is 17.7 Å². The summed E-state index contributed by atoms with van der Waals surface area (Å²) in [6, 6.07) is 0.310. The fourth-order valence-corrected chi connectivity index (χ4v) is 3.55. The summed E-state index contributed by atoms with van der Waals surface area (Å²) < 4.78 is 0. The molecule has 0 aromatic rings. The predicted octanol–water partition coefficient (Wildman–Crippen LogP) is 1.04. The van der Waals surface area contributed by atoms with E-state index in [4.69, 9.17) is 5.11 Å². The Kier molecular flexibility index (Phi) is 2.79. The smallest absolute Gasteiger partial charge is 0.318 e. The Labute approximate surface area is 82.5 Å². The highest BCUT2D eigenvalue weighted by molar-refractivity contribution is 8.00. The number of nitrogens with zero attached hydrogens (tertiary/aromatic N) is 1. The lowest BCUT2D eigenvalue weighted by molar-refractivity contribution is -0.138. The van der Waals surface area contributed by atoms with Crippen molar-refractivity contribution in [2.45, 2.75) is 30.6 Å². The van der Waals surface area contributed by atoms with E-state index in [0.29, 0.717) is 6.04 Å². The minimum Gasteiger partial charge on any atom is -0.480 e. The Balaban J connectivity index is 2.06. The predicted molar refractivity (Wildman–Crippen MR) is 53.1 cm³/mol. The number of carboxylic acid groups (broad SMARTS) is 1. The van der Waals surface area contributed by atoms with Crippen LogP contribution < -0.4 is 0 Å². The van der Waals surface area contributed by atoms with Crippen LogP contribution in [0.5, 0.6) is 0 Å². The van der Waals surface area contributed by atoms with Gasteiger partial charge in [0.15, 0.2) is 0 Å². The van der Waals surface area contributed by atoms with Crippen LogP contribution >= 0.6 is 11.8 Å². The van der Waals surface area contributed by atoms with Gasteiger partial charge in [-0.1, -0.05) is 6.42 Å². The maximum atomic E-state index is 11.0. The van der Waals surface area contributed by atoms with Crippen LogP contribution in [-0.2, 0) is 4.79 Å². The van der Waals surface area contributed by atoms with E-state index in [-0.39, 0.29) is 5.25 Å². The molecule has 2 aliphatic heterocycles. The molecule has 2 aliphatic rings. The summed E-state index contributed by atoms with van der Waals surface area (Å²) in [6.45, 7) is 2.19. The first kappa shape index (κ1) is 9.34. The quantitative estimate of drug-likeness (QED) is 0.688. The zero-order valence-electron chi connectivity index (χ0n) is 7.61. The number of hydrogen-bond donors (Lipinski definition) is 1. The summed E-state index contributed by atoms with van der Waals surface area (Å²) in [5, 5.41) is 8.86. The molecule has 0 spiro atoms. The fourth-order valence-electron chi connectivity index (χ4n) is 2.28. The van der Waals surface area contributed by atoms with Crippen molar-refractivity contribution in [2.75, 3.05) is 18.8 Å². The fraction of sp³-hybridized carbons (Fsp3) is 0.889. The van der Waals surface area contributed by atoms with E-state index < -0.39 is 5.97 Å². The van der Waals surface area contributed by atoms with Gasteiger partial charge in [-0.3, -0.25) is 9.69 Å². The minimum absolute atomic E-state index is 0.172. The second-order valence-corrected chi connectivity index (χ2v) is 4.98. The van der Waals surface area contributed by atoms with Gasteiger partial charge in [0, 0.05) is 18.3 Å². The van der Waals surface area contributed by atoms with Gasteiger partial charge in [-0.2, -0.15) is 0 Å². The molecule has 74 valence electrons. The van der Waals surface area contributed by atoms with Gasteiger partial charge in [-0.15, -0.1) is 11.8 Å². The topological polar surface area (TPSA) is 40.5 Å². The molecular formula is C9H15NO2S. The van der Waals surface area contributed by atoms with Crippen molar-refractivity contribution in [2.24, 2.45) is 0 Å². The highest BCUT2D eigenvalue weighted by Gasteiger charge is 2.37. The molecule has 0 bridgehead atoms. The number of carboxylic acids is 1. The molecule has 2 unspecified atom stereocenters. The van der Waals surface area contributed by atoms with Crippen LogP contribution in [0.2, 0.25) is 0 Å². The molecule has 0 aliphatic carbocycles. The second kappa shape index (κ2) is 3.88. The van der Waals surface area contributed by atoms with Crippen LogP contribution in [0.4, 0.5) is 0 Å². The maximum Gasteiger partial charge on any atom is 0.318 e. The van der Waals surface area contributed by atoms with E-state index in [2.05, 4.69) is 4.90 Å². The van der Waals surface area contributed by atoms with Gasteiger partial charge in [0.1, 0.15) is 5.25 Å². The van der Waals surface area contributed by atoms with Crippen molar-refractivity contribution in [3.63, 3.8) is 0 Å². The Bertz CT molecular complexity index is 208. The number of piperidine rings is 1. The lowest BCUT2D eigenvalue weighted by Gasteiger charge is -2.42. The Morgan fingerprint density at radius 1 is 1.38 bits per heavy atom. The lowest BCUT2D eigenvalue weighted by Crippen LogP contribution is -2.52. The van der Waals surface area contributed by atoms with Gasteiger partial charge in [0.25, 0.3) is 0 Å². The highest BCUT2D eigenvalue weighted by Crippen LogP contribution is 2.31. The van der Waals surface area contributed by atoms with Crippen LogP contribution in [0.15, 0.2) is 0 Å². The molecular weight excluding hydrogens is 186 g/mol. The number of carbonyl (C=O) groups is 1. The summed E-state index contributed by atoms with van der Waals surface area (Å²) in [7, 11) is 0. The largest absolute Gasteiger partial charge is 0.480 e. The molecule has 0 amide bonds. The number of aliphatic carboxylic acids is 1. The van der Waals surface area contributed by atoms with Crippen LogP contribution in [0, 0.1) is 0 Å². The molecule has 2 atom stereocenters. The van der Waals surface area contributed by atoms with Crippen molar-refractivity contribution in [1.29, 1.82) is 0 Å². The number of fused-ring (bicyclic) bond motifs is 1. The molecule has 0 radical (unpaired) electrons. The summed E-state index contributed by atoms with van der Waals surface area (Å²) >= 11 is 1.62. The standard InChI is InChI=1S/C9H15NO2S/c11-9(12)8-7-3-1-2-4-10(7)5-6-13-8/h7-8H,1-6H2,(H,11,12). The van der Waals surface area contributed by atoms with Crippen molar-refractivity contribution in [3.05, 3.63) is 0 Å². The monoisotopic (exact) mass is 201 g/mol. The van der Waals surface area contributed by atoms with Gasteiger partial charge in [0.2, 0.25) is 0 Å². The first-order chi connectivity index (χ1) is 6.29. The molecule has 2 heterocycles. The van der Waals surface area contributed by atoms with E-state index in [1.165, 1.54) is 12.8 Å². The van der Waals surface area contributed by atoms with Gasteiger partial charge in [-0.25, -0.2) is 0 Å². The maximum absolute atomic E-state index is 11.0. The summed E-state index contributed by atoms with van der Waals surface area (Å²) in [4.78, 5) is 13.3. The van der Waals surface area contributed by atoms with Crippen molar-refractivity contribution in [3.8, 4) is 0 Å².